The molecule has 2 heterocycles. The van der Waals surface area contributed by atoms with Crippen molar-refractivity contribution in [1.82, 2.24) is 10.3 Å². The second-order valence-corrected chi connectivity index (χ2v) is 8.82. The van der Waals surface area contributed by atoms with E-state index >= 15 is 0 Å². The molecule has 0 radical (unpaired) electrons. The monoisotopic (exact) mass is 475 g/mol. The number of imide groups is 1. The van der Waals surface area contributed by atoms with Crippen LogP contribution in [0.4, 0.5) is 28.0 Å². The summed E-state index contributed by atoms with van der Waals surface area (Å²) in [6, 6.07) is 13.7. The number of hydrogen-bond donors (Lipinski definition) is 1. The Kier molecular flexibility index (Phi) is 5.87. The summed E-state index contributed by atoms with van der Waals surface area (Å²) in [5, 5.41) is 2.68. The van der Waals surface area contributed by atoms with E-state index in [9.17, 15) is 27.2 Å². The molecule has 1 aliphatic rings. The zero-order valence-corrected chi connectivity index (χ0v) is 18.0. The van der Waals surface area contributed by atoms with E-state index in [0.29, 0.717) is 11.3 Å². The van der Waals surface area contributed by atoms with Crippen LogP contribution >= 0.6 is 11.8 Å². The van der Waals surface area contributed by atoms with Crippen LogP contribution in [-0.4, -0.2) is 28.0 Å². The molecule has 4 rings (SSSR count). The molecule has 1 fully saturated rings. The van der Waals surface area contributed by atoms with E-state index in [0.717, 1.165) is 10.5 Å². The van der Waals surface area contributed by atoms with Gasteiger partial charge in [0.15, 0.2) is 0 Å². The fourth-order valence-electron chi connectivity index (χ4n) is 3.61. The summed E-state index contributed by atoms with van der Waals surface area (Å²) in [5.41, 5.74) is -3.52. The maximum absolute atomic E-state index is 13.2. The molecule has 1 aliphatic heterocycles. The molecule has 2 aromatic carbocycles. The lowest BCUT2D eigenvalue weighted by atomic mass is 9.92. The first kappa shape index (κ1) is 22.8. The maximum atomic E-state index is 13.2. The van der Waals surface area contributed by atoms with E-state index in [1.165, 1.54) is 36.4 Å². The van der Waals surface area contributed by atoms with E-state index in [4.69, 9.17) is 0 Å². The number of nitrogens with one attached hydrogen (secondary N) is 1. The zero-order chi connectivity index (χ0) is 23.8. The lowest BCUT2D eigenvalue weighted by molar-refractivity contribution is -0.121. The van der Waals surface area contributed by atoms with E-state index in [1.807, 2.05) is 0 Å². The molecule has 0 spiro atoms. The number of amides is 3. The Morgan fingerprint density at radius 1 is 1.03 bits per heavy atom. The first-order valence-electron chi connectivity index (χ1n) is 9.77. The van der Waals surface area contributed by atoms with Crippen LogP contribution in [0.2, 0.25) is 0 Å². The number of anilines is 1. The van der Waals surface area contributed by atoms with Gasteiger partial charge in [-0.1, -0.05) is 0 Å². The van der Waals surface area contributed by atoms with Crippen LogP contribution in [0.15, 0.2) is 71.8 Å². The Morgan fingerprint density at radius 2 is 1.70 bits per heavy atom. The molecular formula is C23H17F4N3O2S. The third-order valence-corrected chi connectivity index (χ3v) is 5.85. The average molecular weight is 475 g/mol. The van der Waals surface area contributed by atoms with Crippen molar-refractivity contribution in [2.24, 2.45) is 0 Å². The molecule has 0 saturated carbocycles. The number of nitrogens with zero attached hydrogens (tertiary/aromatic N) is 2. The summed E-state index contributed by atoms with van der Waals surface area (Å²) in [4.78, 5) is 30.9. The molecule has 33 heavy (non-hydrogen) atoms. The highest BCUT2D eigenvalue weighted by atomic mass is 32.2. The SMILES string of the molecule is CC1(Cc2ccnc(-c3ccc(F)cc3)c2)NC(=O)N(c2ccc(SC(F)(F)F)cc2)C1=O. The number of benzene rings is 2. The summed E-state index contributed by atoms with van der Waals surface area (Å²) < 4.78 is 50.8. The van der Waals surface area contributed by atoms with Gasteiger partial charge in [0.1, 0.15) is 11.4 Å². The number of urea groups is 1. The zero-order valence-electron chi connectivity index (χ0n) is 17.2. The van der Waals surface area contributed by atoms with Gasteiger partial charge in [0, 0.05) is 23.1 Å². The fourth-order valence-corrected chi connectivity index (χ4v) is 4.15. The summed E-state index contributed by atoms with van der Waals surface area (Å²) in [6.45, 7) is 1.58. The van der Waals surface area contributed by atoms with Crippen molar-refractivity contribution in [2.45, 2.75) is 29.3 Å². The van der Waals surface area contributed by atoms with Gasteiger partial charge in [0.25, 0.3) is 5.91 Å². The number of halogens is 4. The first-order chi connectivity index (χ1) is 15.5. The highest BCUT2D eigenvalue weighted by Crippen LogP contribution is 2.38. The van der Waals surface area contributed by atoms with Gasteiger partial charge in [-0.25, -0.2) is 14.1 Å². The molecule has 5 nitrogen and oxygen atoms in total. The minimum absolute atomic E-state index is 0.0498. The smallest absolute Gasteiger partial charge is 0.323 e. The van der Waals surface area contributed by atoms with Crippen molar-refractivity contribution in [3.63, 3.8) is 0 Å². The van der Waals surface area contributed by atoms with Crippen molar-refractivity contribution in [3.05, 3.63) is 78.2 Å². The predicted molar refractivity (Wildman–Crippen MR) is 116 cm³/mol. The lowest BCUT2D eigenvalue weighted by Crippen LogP contribution is -2.46. The summed E-state index contributed by atoms with van der Waals surface area (Å²) >= 11 is -0.275. The minimum Gasteiger partial charge on any atom is -0.323 e. The van der Waals surface area contributed by atoms with Crippen molar-refractivity contribution in [2.75, 3.05) is 4.90 Å². The van der Waals surface area contributed by atoms with Crippen LogP contribution in [0.25, 0.3) is 11.3 Å². The third kappa shape index (κ3) is 5.00. The second-order valence-electron chi connectivity index (χ2n) is 7.68. The largest absolute Gasteiger partial charge is 0.446 e. The Labute approximate surface area is 190 Å². The quantitative estimate of drug-likeness (QED) is 0.298. The molecule has 3 aromatic rings. The number of aromatic nitrogens is 1. The molecule has 1 unspecified atom stereocenters. The van der Waals surface area contributed by atoms with Crippen LogP contribution in [0.1, 0.15) is 12.5 Å². The number of thioether (sulfide) groups is 1. The highest BCUT2D eigenvalue weighted by molar-refractivity contribution is 8.00. The van der Waals surface area contributed by atoms with Crippen molar-refractivity contribution < 1.29 is 27.2 Å². The lowest BCUT2D eigenvalue weighted by Gasteiger charge is -2.22. The number of pyridine rings is 1. The van der Waals surface area contributed by atoms with Gasteiger partial charge >= 0.3 is 11.5 Å². The molecule has 0 aliphatic carbocycles. The number of alkyl halides is 3. The fraction of sp³-hybridized carbons (Fsp3) is 0.174. The number of hydrogen-bond acceptors (Lipinski definition) is 4. The summed E-state index contributed by atoms with van der Waals surface area (Å²) in [7, 11) is 0. The summed E-state index contributed by atoms with van der Waals surface area (Å²) in [6.07, 6.45) is 1.72. The van der Waals surface area contributed by atoms with Gasteiger partial charge in [0.2, 0.25) is 0 Å². The van der Waals surface area contributed by atoms with Crippen LogP contribution in [0, 0.1) is 5.82 Å². The Morgan fingerprint density at radius 3 is 2.33 bits per heavy atom. The molecule has 1 atom stereocenters. The topological polar surface area (TPSA) is 62.3 Å². The molecule has 1 aromatic heterocycles. The highest BCUT2D eigenvalue weighted by Gasteiger charge is 2.48. The van der Waals surface area contributed by atoms with Crippen LogP contribution in [0.5, 0.6) is 0 Å². The molecular weight excluding hydrogens is 458 g/mol. The normalized spacial score (nSPS) is 18.5. The van der Waals surface area contributed by atoms with Crippen LogP contribution in [0.3, 0.4) is 0 Å². The standard InChI is InChI=1S/C23H17F4N3O2S/c1-22(13-14-10-11-28-19(12-14)15-2-4-16(24)5-3-15)20(31)30(21(32)29-22)17-6-8-18(9-7-17)33-23(25,26)27/h2-12H,13H2,1H3,(H,29,32). The van der Waals surface area contributed by atoms with E-state index in [1.54, 1.807) is 37.4 Å². The molecule has 3 amide bonds. The van der Waals surface area contributed by atoms with E-state index in [2.05, 4.69) is 10.3 Å². The number of rotatable bonds is 5. The molecule has 10 heteroatoms. The van der Waals surface area contributed by atoms with Gasteiger partial charge in [-0.3, -0.25) is 9.78 Å². The van der Waals surface area contributed by atoms with Crippen LogP contribution < -0.4 is 10.2 Å². The van der Waals surface area contributed by atoms with Gasteiger partial charge in [-0.05, 0) is 84.9 Å². The van der Waals surface area contributed by atoms with Crippen molar-refractivity contribution in [1.29, 1.82) is 0 Å². The molecule has 170 valence electrons. The third-order valence-electron chi connectivity index (χ3n) is 5.11. The average Bonchev–Trinajstić information content (AvgIpc) is 2.96. The second kappa shape index (κ2) is 8.51. The Balaban J connectivity index is 1.54. The van der Waals surface area contributed by atoms with Crippen LogP contribution in [-0.2, 0) is 11.2 Å². The van der Waals surface area contributed by atoms with Gasteiger partial charge in [0.05, 0.1) is 11.4 Å². The number of carbonyl (C=O) groups is 2. The van der Waals surface area contributed by atoms with Crippen molar-refractivity contribution >= 4 is 29.4 Å². The van der Waals surface area contributed by atoms with Crippen molar-refractivity contribution in [3.8, 4) is 11.3 Å². The Bertz CT molecular complexity index is 1200. The molecule has 0 bridgehead atoms. The summed E-state index contributed by atoms with van der Waals surface area (Å²) in [5.74, 6) is -0.893. The van der Waals surface area contributed by atoms with E-state index < -0.39 is 23.0 Å². The molecule has 1 saturated heterocycles. The maximum Gasteiger partial charge on any atom is 0.446 e. The first-order valence-corrected chi connectivity index (χ1v) is 10.6. The van der Waals surface area contributed by atoms with Gasteiger partial charge in [-0.2, -0.15) is 13.2 Å². The molecule has 1 N–H and O–H groups in total. The van der Waals surface area contributed by atoms with Gasteiger partial charge in [-0.15, -0.1) is 0 Å². The predicted octanol–water partition coefficient (Wildman–Crippen LogP) is 5.56. The number of carbonyl (C=O) groups excluding carboxylic acids is 2. The minimum atomic E-state index is -4.43. The Hall–Kier alpha value is -3.40. The van der Waals surface area contributed by atoms with E-state index in [-0.39, 0.29) is 34.6 Å². The van der Waals surface area contributed by atoms with Gasteiger partial charge < -0.3 is 5.32 Å².